The lowest BCUT2D eigenvalue weighted by atomic mass is 9.91. The van der Waals surface area contributed by atoms with Gasteiger partial charge in [0.15, 0.2) is 0 Å². The largest absolute Gasteiger partial charge is 0.424 e. The highest BCUT2D eigenvalue weighted by Crippen LogP contribution is 2.35. The summed E-state index contributed by atoms with van der Waals surface area (Å²) >= 11 is 17.2. The van der Waals surface area contributed by atoms with Crippen molar-refractivity contribution in [1.82, 2.24) is 0 Å². The molecular formula is C17H13Cl3O2. The minimum atomic E-state index is -1.25. The summed E-state index contributed by atoms with van der Waals surface area (Å²) in [5.41, 5.74) is 1.72. The highest BCUT2D eigenvalue weighted by molar-refractivity contribution is 6.53. The lowest BCUT2D eigenvalue weighted by Gasteiger charge is -2.18. The van der Waals surface area contributed by atoms with Crippen LogP contribution in [0.2, 0.25) is 5.02 Å². The van der Waals surface area contributed by atoms with Gasteiger partial charge in [-0.1, -0.05) is 71.2 Å². The summed E-state index contributed by atoms with van der Waals surface area (Å²) in [7, 11) is 0. The van der Waals surface area contributed by atoms with Crippen LogP contribution in [0, 0.1) is 0 Å². The van der Waals surface area contributed by atoms with E-state index in [1.165, 1.54) is 0 Å². The molecule has 0 fully saturated rings. The van der Waals surface area contributed by atoms with Crippen LogP contribution in [0.1, 0.15) is 17.0 Å². The van der Waals surface area contributed by atoms with Crippen molar-refractivity contribution in [3.8, 4) is 5.75 Å². The second kappa shape index (κ2) is 7.68. The Morgan fingerprint density at radius 3 is 2.41 bits per heavy atom. The van der Waals surface area contributed by atoms with Crippen LogP contribution in [-0.2, 0) is 4.79 Å². The molecule has 0 saturated heterocycles. The van der Waals surface area contributed by atoms with Gasteiger partial charge in [-0.05, 0) is 23.8 Å². The maximum atomic E-state index is 11.7. The quantitative estimate of drug-likeness (QED) is 0.312. The number of hydrogen-bond acceptors (Lipinski definition) is 2. The van der Waals surface area contributed by atoms with E-state index in [0.29, 0.717) is 10.8 Å². The van der Waals surface area contributed by atoms with Crippen molar-refractivity contribution >= 4 is 40.8 Å². The van der Waals surface area contributed by atoms with Gasteiger partial charge in [0.05, 0.1) is 0 Å². The number of carbonyl (C=O) groups excluding carboxylic acids is 1. The Kier molecular flexibility index (Phi) is 5.90. The number of allylic oxidation sites excluding steroid dienone is 1. The molecule has 5 heteroatoms. The molecular weight excluding hydrogens is 343 g/mol. The molecule has 114 valence electrons. The standard InChI is InChI=1S/C17H13Cl3O2/c1-2-13(11-6-4-3-5-7-11)14-10-12(18)8-9-15(14)22-17(21)16(19)20/h2-10,13,16H,1H2. The average Bonchev–Trinajstić information content (AvgIpc) is 2.51. The molecule has 0 N–H and O–H groups in total. The maximum Gasteiger partial charge on any atom is 0.344 e. The maximum absolute atomic E-state index is 11.7. The number of carbonyl (C=O) groups is 1. The number of rotatable bonds is 5. The van der Waals surface area contributed by atoms with E-state index < -0.39 is 10.8 Å². The molecule has 2 rings (SSSR count). The highest BCUT2D eigenvalue weighted by atomic mass is 35.5. The van der Waals surface area contributed by atoms with Crippen molar-refractivity contribution in [3.05, 3.63) is 77.3 Å². The van der Waals surface area contributed by atoms with Gasteiger partial charge < -0.3 is 4.74 Å². The Morgan fingerprint density at radius 1 is 1.14 bits per heavy atom. The normalized spacial score (nSPS) is 12.0. The van der Waals surface area contributed by atoms with Crippen LogP contribution in [0.5, 0.6) is 5.75 Å². The third-order valence-electron chi connectivity index (χ3n) is 3.09. The number of halogens is 3. The molecule has 0 aromatic heterocycles. The first-order chi connectivity index (χ1) is 10.5. The van der Waals surface area contributed by atoms with Crippen LogP contribution in [-0.4, -0.2) is 10.8 Å². The number of hydrogen-bond donors (Lipinski definition) is 0. The Bertz CT molecular complexity index is 669. The molecule has 0 aliphatic carbocycles. The van der Waals surface area contributed by atoms with E-state index in [2.05, 4.69) is 6.58 Å². The van der Waals surface area contributed by atoms with Crippen LogP contribution < -0.4 is 4.74 Å². The molecule has 2 nitrogen and oxygen atoms in total. The van der Waals surface area contributed by atoms with E-state index in [0.717, 1.165) is 11.1 Å². The van der Waals surface area contributed by atoms with Gasteiger partial charge in [0.2, 0.25) is 4.84 Å². The zero-order chi connectivity index (χ0) is 16.1. The molecule has 0 amide bonds. The van der Waals surface area contributed by atoms with Crippen LogP contribution in [0.3, 0.4) is 0 Å². The van der Waals surface area contributed by atoms with Gasteiger partial charge in [0, 0.05) is 16.5 Å². The van der Waals surface area contributed by atoms with Gasteiger partial charge in [0.1, 0.15) is 5.75 Å². The van der Waals surface area contributed by atoms with Crippen molar-refractivity contribution in [2.45, 2.75) is 10.8 Å². The van der Waals surface area contributed by atoms with Gasteiger partial charge in [-0.3, -0.25) is 0 Å². The molecule has 1 atom stereocenters. The van der Waals surface area contributed by atoms with Crippen molar-refractivity contribution < 1.29 is 9.53 Å². The zero-order valence-corrected chi connectivity index (χ0v) is 13.8. The number of alkyl halides is 2. The number of benzene rings is 2. The first-order valence-corrected chi connectivity index (χ1v) is 7.74. The fraction of sp³-hybridized carbons (Fsp3) is 0.118. The van der Waals surface area contributed by atoms with Crippen molar-refractivity contribution in [3.63, 3.8) is 0 Å². The summed E-state index contributed by atoms with van der Waals surface area (Å²) in [4.78, 5) is 10.4. The molecule has 2 aromatic rings. The van der Waals surface area contributed by atoms with Gasteiger partial charge in [-0.15, -0.1) is 6.58 Å². The van der Waals surface area contributed by atoms with Crippen LogP contribution in [0.25, 0.3) is 0 Å². The van der Waals surface area contributed by atoms with Gasteiger partial charge in [0.25, 0.3) is 0 Å². The Balaban J connectivity index is 2.45. The Morgan fingerprint density at radius 2 is 1.82 bits per heavy atom. The first-order valence-electron chi connectivity index (χ1n) is 6.49. The Labute approximate surface area is 144 Å². The summed E-state index contributed by atoms with van der Waals surface area (Å²) in [5.74, 6) is -0.552. The topological polar surface area (TPSA) is 26.3 Å². The molecule has 0 heterocycles. The van der Waals surface area contributed by atoms with Crippen molar-refractivity contribution in [1.29, 1.82) is 0 Å². The summed E-state index contributed by atoms with van der Waals surface area (Å²) in [5, 5.41) is 0.533. The van der Waals surface area contributed by atoms with Crippen LogP contribution in [0.15, 0.2) is 61.2 Å². The van der Waals surface area contributed by atoms with E-state index in [1.54, 1.807) is 24.3 Å². The smallest absolute Gasteiger partial charge is 0.344 e. The second-order valence-corrected chi connectivity index (χ2v) is 6.06. The lowest BCUT2D eigenvalue weighted by Crippen LogP contribution is -2.17. The van der Waals surface area contributed by atoms with Crippen molar-refractivity contribution in [2.75, 3.05) is 0 Å². The predicted molar refractivity (Wildman–Crippen MR) is 91.1 cm³/mol. The molecule has 22 heavy (non-hydrogen) atoms. The minimum Gasteiger partial charge on any atom is -0.424 e. The average molecular weight is 356 g/mol. The SMILES string of the molecule is C=CC(c1ccccc1)c1cc(Cl)ccc1OC(=O)C(Cl)Cl. The van der Waals surface area contributed by atoms with Gasteiger partial charge >= 0.3 is 5.97 Å². The fourth-order valence-corrected chi connectivity index (χ4v) is 2.38. The number of esters is 1. The molecule has 1 unspecified atom stereocenters. The monoisotopic (exact) mass is 354 g/mol. The van der Waals surface area contributed by atoms with Gasteiger partial charge in [-0.25, -0.2) is 4.79 Å². The Hall–Kier alpha value is -1.48. The van der Waals surface area contributed by atoms with Crippen LogP contribution >= 0.6 is 34.8 Å². The summed E-state index contributed by atoms with van der Waals surface area (Å²) in [6.45, 7) is 3.86. The number of ether oxygens (including phenoxy) is 1. The predicted octanol–water partition coefficient (Wildman–Crippen LogP) is 5.37. The van der Waals surface area contributed by atoms with E-state index in [4.69, 9.17) is 39.5 Å². The highest BCUT2D eigenvalue weighted by Gasteiger charge is 2.20. The third-order valence-corrected chi connectivity index (χ3v) is 3.68. The summed E-state index contributed by atoms with van der Waals surface area (Å²) in [6, 6.07) is 14.7. The molecule has 2 aromatic carbocycles. The van der Waals surface area contributed by atoms with Crippen LogP contribution in [0.4, 0.5) is 0 Å². The molecule has 0 saturated carbocycles. The molecule has 0 aliphatic heterocycles. The minimum absolute atomic E-state index is 0.174. The molecule has 0 aliphatic rings. The molecule has 0 spiro atoms. The fourth-order valence-electron chi connectivity index (χ4n) is 2.11. The zero-order valence-electron chi connectivity index (χ0n) is 11.5. The van der Waals surface area contributed by atoms with Gasteiger partial charge in [-0.2, -0.15) is 0 Å². The van der Waals surface area contributed by atoms with E-state index in [1.807, 2.05) is 30.3 Å². The summed E-state index contributed by atoms with van der Waals surface area (Å²) < 4.78 is 5.26. The van der Waals surface area contributed by atoms with Crippen molar-refractivity contribution in [2.24, 2.45) is 0 Å². The van der Waals surface area contributed by atoms with E-state index in [9.17, 15) is 4.79 Å². The van der Waals surface area contributed by atoms with E-state index >= 15 is 0 Å². The molecule has 0 bridgehead atoms. The summed E-state index contributed by atoms with van der Waals surface area (Å²) in [6.07, 6.45) is 1.76. The van der Waals surface area contributed by atoms with E-state index in [-0.39, 0.29) is 5.92 Å². The third kappa shape index (κ3) is 4.04. The lowest BCUT2D eigenvalue weighted by molar-refractivity contribution is -0.132. The first kappa shape index (κ1) is 16.9. The second-order valence-electron chi connectivity index (χ2n) is 4.53. The molecule has 0 radical (unpaired) electrons.